The molecule has 2 atom stereocenters. The number of imidazole rings is 1. The van der Waals surface area contributed by atoms with Gasteiger partial charge in [-0.3, -0.25) is 0 Å². The zero-order chi connectivity index (χ0) is 15.6. The van der Waals surface area contributed by atoms with Crippen molar-refractivity contribution in [1.29, 1.82) is 0 Å². The van der Waals surface area contributed by atoms with E-state index < -0.39 is 0 Å². The average molecular weight is 311 g/mol. The predicted octanol–water partition coefficient (Wildman–Crippen LogP) is 1.63. The van der Waals surface area contributed by atoms with E-state index in [-0.39, 0.29) is 6.04 Å². The van der Waals surface area contributed by atoms with Gasteiger partial charge in [0, 0.05) is 43.4 Å². The van der Waals surface area contributed by atoms with Gasteiger partial charge in [-0.1, -0.05) is 18.2 Å². The average Bonchev–Trinajstić information content (AvgIpc) is 3.03. The highest BCUT2D eigenvalue weighted by molar-refractivity contribution is 5.78. The van der Waals surface area contributed by atoms with Crippen molar-refractivity contribution in [1.82, 2.24) is 14.9 Å². The Hall–Kier alpha value is -2.50. The number of nitrogens with zero attached hydrogens (tertiary/aromatic N) is 3. The van der Waals surface area contributed by atoms with E-state index in [2.05, 4.69) is 20.9 Å². The van der Waals surface area contributed by atoms with Crippen LogP contribution in [-0.4, -0.2) is 28.2 Å². The van der Waals surface area contributed by atoms with Gasteiger partial charge < -0.3 is 20.4 Å². The number of hydrogen-bond acceptors (Lipinski definition) is 3. The molecule has 2 unspecified atom stereocenters. The molecule has 0 fully saturated rings. The van der Waals surface area contributed by atoms with Gasteiger partial charge in [0.05, 0.1) is 12.6 Å². The Bertz CT molecular complexity index is 723. The summed E-state index contributed by atoms with van der Waals surface area (Å²) in [6.45, 7) is 1.65. The molecule has 2 aliphatic heterocycles. The number of benzene rings is 1. The van der Waals surface area contributed by atoms with E-state index in [1.54, 1.807) is 0 Å². The van der Waals surface area contributed by atoms with Gasteiger partial charge in [0.2, 0.25) is 0 Å². The number of para-hydroxylation sites is 1. The molecule has 0 bridgehead atoms. The van der Waals surface area contributed by atoms with Crippen LogP contribution in [0.2, 0.25) is 0 Å². The first kappa shape index (κ1) is 14.1. The van der Waals surface area contributed by atoms with Gasteiger partial charge >= 0.3 is 0 Å². The lowest BCUT2D eigenvalue weighted by Crippen LogP contribution is -2.44. The third-order valence-electron chi connectivity index (χ3n) is 4.52. The molecular weight excluding hydrogens is 290 g/mol. The summed E-state index contributed by atoms with van der Waals surface area (Å²) < 4.78 is 7.87. The first-order valence-corrected chi connectivity index (χ1v) is 8.11. The number of guanidine groups is 1. The highest BCUT2D eigenvalue weighted by atomic mass is 16.5. The minimum absolute atomic E-state index is 0.0676. The second-order valence-electron chi connectivity index (χ2n) is 6.08. The van der Waals surface area contributed by atoms with E-state index >= 15 is 0 Å². The van der Waals surface area contributed by atoms with Crippen molar-refractivity contribution in [3.63, 3.8) is 0 Å². The summed E-state index contributed by atoms with van der Waals surface area (Å²) in [6.07, 6.45) is 6.65. The third kappa shape index (κ3) is 2.88. The highest BCUT2D eigenvalue weighted by Gasteiger charge is 2.22. The van der Waals surface area contributed by atoms with E-state index in [0.29, 0.717) is 18.6 Å². The van der Waals surface area contributed by atoms with Crippen LogP contribution in [0.1, 0.15) is 30.3 Å². The molecule has 3 heterocycles. The molecule has 4 rings (SSSR count). The van der Waals surface area contributed by atoms with Gasteiger partial charge in [-0.05, 0) is 12.5 Å². The maximum Gasteiger partial charge on any atom is 0.189 e. The van der Waals surface area contributed by atoms with Crippen LogP contribution in [0, 0.1) is 0 Å². The summed E-state index contributed by atoms with van der Waals surface area (Å²) >= 11 is 0. The molecule has 2 aliphatic rings. The van der Waals surface area contributed by atoms with Crippen LogP contribution in [0.3, 0.4) is 0 Å². The molecule has 0 radical (unpaired) electrons. The van der Waals surface area contributed by atoms with Crippen molar-refractivity contribution in [3.05, 3.63) is 48.0 Å². The van der Waals surface area contributed by atoms with Crippen molar-refractivity contribution in [2.24, 2.45) is 10.7 Å². The van der Waals surface area contributed by atoms with Crippen molar-refractivity contribution in [2.45, 2.75) is 37.9 Å². The third-order valence-corrected chi connectivity index (χ3v) is 4.52. The molecule has 6 heteroatoms. The summed E-state index contributed by atoms with van der Waals surface area (Å²) in [5.74, 6) is 2.54. The van der Waals surface area contributed by atoms with Gasteiger partial charge in [-0.2, -0.15) is 0 Å². The molecule has 0 saturated heterocycles. The number of aromatic nitrogens is 2. The van der Waals surface area contributed by atoms with Gasteiger partial charge in [-0.25, -0.2) is 9.98 Å². The van der Waals surface area contributed by atoms with Crippen LogP contribution in [0.25, 0.3) is 0 Å². The number of rotatable bonds is 2. The molecule has 0 saturated carbocycles. The monoisotopic (exact) mass is 311 g/mol. The Kier molecular flexibility index (Phi) is 3.65. The zero-order valence-electron chi connectivity index (χ0n) is 13.0. The molecule has 120 valence electrons. The van der Waals surface area contributed by atoms with Crippen LogP contribution in [0.5, 0.6) is 5.75 Å². The number of fused-ring (bicyclic) bond motifs is 2. The first-order valence-electron chi connectivity index (χ1n) is 8.11. The van der Waals surface area contributed by atoms with Gasteiger partial charge in [0.25, 0.3) is 0 Å². The van der Waals surface area contributed by atoms with E-state index in [1.165, 1.54) is 0 Å². The number of aryl methyl sites for hydroxylation is 1. The SMILES string of the molecule is NC(=NC1CCOc2ccccc21)NC1CCn2ccnc2C1. The van der Waals surface area contributed by atoms with Crippen molar-refractivity contribution < 1.29 is 4.74 Å². The van der Waals surface area contributed by atoms with E-state index in [1.807, 2.05) is 30.6 Å². The molecule has 1 aromatic carbocycles. The number of hydrogen-bond donors (Lipinski definition) is 2. The lowest BCUT2D eigenvalue weighted by molar-refractivity contribution is 0.269. The number of aliphatic imine (C=N–C) groups is 1. The Morgan fingerprint density at radius 2 is 2.26 bits per heavy atom. The second-order valence-corrected chi connectivity index (χ2v) is 6.08. The molecule has 23 heavy (non-hydrogen) atoms. The van der Waals surface area contributed by atoms with Gasteiger partial charge in [0.1, 0.15) is 11.6 Å². The van der Waals surface area contributed by atoms with Gasteiger partial charge in [0.15, 0.2) is 5.96 Å². The topological polar surface area (TPSA) is 77.5 Å². The number of nitrogens with two attached hydrogens (primary N) is 1. The predicted molar refractivity (Wildman–Crippen MR) is 88.4 cm³/mol. The summed E-state index contributed by atoms with van der Waals surface area (Å²) in [6, 6.07) is 8.41. The quantitative estimate of drug-likeness (QED) is 0.653. The molecule has 3 N–H and O–H groups in total. The van der Waals surface area contributed by atoms with Gasteiger partial charge in [-0.15, -0.1) is 0 Å². The van der Waals surface area contributed by atoms with E-state index in [0.717, 1.165) is 42.9 Å². The van der Waals surface area contributed by atoms with E-state index in [4.69, 9.17) is 15.5 Å². The minimum atomic E-state index is 0.0676. The molecular formula is C17H21N5O. The molecule has 0 spiro atoms. The maximum atomic E-state index is 6.16. The first-order chi connectivity index (χ1) is 11.3. The minimum Gasteiger partial charge on any atom is -0.493 e. The lowest BCUT2D eigenvalue weighted by Gasteiger charge is -2.26. The standard InChI is InChI=1S/C17H21N5O/c18-17(20-12-5-8-22-9-7-19-16(22)11-12)21-14-6-10-23-15-4-2-1-3-13(14)15/h1-4,7,9,12,14H,5-6,8,10-11H2,(H3,18,20,21). The lowest BCUT2D eigenvalue weighted by atomic mass is 10.0. The Balaban J connectivity index is 1.46. The van der Waals surface area contributed by atoms with Crippen LogP contribution >= 0.6 is 0 Å². The summed E-state index contributed by atoms with van der Waals surface area (Å²) in [7, 11) is 0. The van der Waals surface area contributed by atoms with Crippen LogP contribution in [-0.2, 0) is 13.0 Å². The van der Waals surface area contributed by atoms with Crippen LogP contribution < -0.4 is 15.8 Å². The van der Waals surface area contributed by atoms with Crippen molar-refractivity contribution in [3.8, 4) is 5.75 Å². The van der Waals surface area contributed by atoms with Crippen LogP contribution in [0.15, 0.2) is 41.7 Å². The van der Waals surface area contributed by atoms with Crippen LogP contribution in [0.4, 0.5) is 0 Å². The number of ether oxygens (including phenoxy) is 1. The molecule has 2 aromatic rings. The molecule has 1 aromatic heterocycles. The fourth-order valence-corrected chi connectivity index (χ4v) is 3.35. The maximum absolute atomic E-state index is 6.16. The summed E-state index contributed by atoms with van der Waals surface area (Å²) in [5, 5.41) is 3.36. The van der Waals surface area contributed by atoms with Crippen molar-refractivity contribution in [2.75, 3.05) is 6.61 Å². The molecule has 6 nitrogen and oxygen atoms in total. The fourth-order valence-electron chi connectivity index (χ4n) is 3.35. The summed E-state index contributed by atoms with van der Waals surface area (Å²) in [4.78, 5) is 9.08. The Labute approximate surface area is 135 Å². The molecule has 0 aliphatic carbocycles. The normalized spacial score (nSPS) is 23.6. The number of nitrogens with one attached hydrogen (secondary N) is 1. The smallest absolute Gasteiger partial charge is 0.189 e. The molecule has 0 amide bonds. The second kappa shape index (κ2) is 5.95. The Morgan fingerprint density at radius 1 is 1.35 bits per heavy atom. The van der Waals surface area contributed by atoms with E-state index in [9.17, 15) is 0 Å². The van der Waals surface area contributed by atoms with Crippen molar-refractivity contribution >= 4 is 5.96 Å². The zero-order valence-corrected chi connectivity index (χ0v) is 13.0. The highest BCUT2D eigenvalue weighted by Crippen LogP contribution is 2.34. The largest absolute Gasteiger partial charge is 0.493 e. The summed E-state index contributed by atoms with van der Waals surface area (Å²) in [5.41, 5.74) is 7.27. The Morgan fingerprint density at radius 3 is 3.22 bits per heavy atom. The fraction of sp³-hybridized carbons (Fsp3) is 0.412.